The molecule has 0 spiro atoms. The molecule has 0 radical (unpaired) electrons. The first-order valence-corrected chi connectivity index (χ1v) is 14.3. The number of hydrogen-bond acceptors (Lipinski definition) is 5. The summed E-state index contributed by atoms with van der Waals surface area (Å²) in [6, 6.07) is 14.1. The van der Waals surface area contributed by atoms with Gasteiger partial charge in [0.1, 0.15) is 11.2 Å². The van der Waals surface area contributed by atoms with Gasteiger partial charge in [0.25, 0.3) is 0 Å². The van der Waals surface area contributed by atoms with Crippen molar-refractivity contribution in [2.45, 2.75) is 20.5 Å². The molecule has 2 aromatic heterocycles. The molecule has 218 valence electrons. The second kappa shape index (κ2) is 13.4. The largest absolute Gasteiger partial charge is 0.485 e. The number of halogens is 3. The van der Waals surface area contributed by atoms with Crippen LogP contribution in [0.5, 0.6) is 5.75 Å². The molecule has 0 aliphatic rings. The number of ether oxygens (including phenoxy) is 1. The fourth-order valence-corrected chi connectivity index (χ4v) is 4.98. The minimum atomic E-state index is -0.437. The van der Waals surface area contributed by atoms with Gasteiger partial charge in [-0.25, -0.2) is 4.98 Å². The van der Waals surface area contributed by atoms with Crippen LogP contribution in [-0.4, -0.2) is 47.7 Å². The van der Waals surface area contributed by atoms with Crippen molar-refractivity contribution in [1.29, 1.82) is 0 Å². The van der Waals surface area contributed by atoms with Crippen LogP contribution in [-0.2, 0) is 21.0 Å². The lowest BCUT2D eigenvalue weighted by atomic mass is 10.2. The van der Waals surface area contributed by atoms with E-state index in [4.69, 9.17) is 27.9 Å². The van der Waals surface area contributed by atoms with Gasteiger partial charge in [-0.15, -0.1) is 0 Å². The molecule has 3 amide bonds. The smallest absolute Gasteiger partial charge is 0.246 e. The number of amides is 3. The molecule has 0 aliphatic heterocycles. The number of imidazole rings is 1. The van der Waals surface area contributed by atoms with Crippen LogP contribution in [0.3, 0.4) is 0 Å². The van der Waals surface area contributed by atoms with Crippen molar-refractivity contribution in [3.8, 4) is 5.75 Å². The van der Waals surface area contributed by atoms with Crippen LogP contribution >= 0.6 is 39.1 Å². The Labute approximate surface area is 261 Å². The van der Waals surface area contributed by atoms with Gasteiger partial charge in [-0.1, -0.05) is 35.3 Å². The normalized spacial score (nSPS) is 11.1. The van der Waals surface area contributed by atoms with Crippen molar-refractivity contribution in [2.75, 3.05) is 30.4 Å². The van der Waals surface area contributed by atoms with E-state index in [1.165, 1.54) is 22.8 Å². The molecule has 0 fully saturated rings. The molecule has 0 aliphatic carbocycles. The van der Waals surface area contributed by atoms with Gasteiger partial charge in [0.15, 0.2) is 11.4 Å². The highest BCUT2D eigenvalue weighted by molar-refractivity contribution is 9.10. The first kappa shape index (κ1) is 31.1. The lowest BCUT2D eigenvalue weighted by Gasteiger charge is -2.21. The van der Waals surface area contributed by atoms with Crippen LogP contribution in [0.25, 0.3) is 11.7 Å². The Morgan fingerprint density at radius 2 is 1.79 bits per heavy atom. The highest BCUT2D eigenvalue weighted by Gasteiger charge is 2.20. The number of likely N-dealkylation sites (N-methyl/N-ethyl adjacent to an activating group) is 1. The minimum absolute atomic E-state index is 0.0459. The van der Waals surface area contributed by atoms with E-state index >= 15 is 0 Å². The fourth-order valence-electron chi connectivity index (χ4n) is 4.00. The molecule has 12 heteroatoms. The van der Waals surface area contributed by atoms with Crippen molar-refractivity contribution in [2.24, 2.45) is 0 Å². The van der Waals surface area contributed by atoms with E-state index < -0.39 is 5.91 Å². The average molecular weight is 673 g/mol. The van der Waals surface area contributed by atoms with Crippen molar-refractivity contribution in [1.82, 2.24) is 14.7 Å². The van der Waals surface area contributed by atoms with Gasteiger partial charge in [-0.2, -0.15) is 0 Å². The van der Waals surface area contributed by atoms with Crippen LogP contribution in [0.15, 0.2) is 65.4 Å². The van der Waals surface area contributed by atoms with Crippen LogP contribution in [0.1, 0.15) is 23.7 Å². The summed E-state index contributed by atoms with van der Waals surface area (Å²) in [4.78, 5) is 44.2. The Bertz CT molecular complexity index is 1690. The third kappa shape index (κ3) is 6.95. The number of nitrogens with zero attached hydrogens (tertiary/aromatic N) is 4. The van der Waals surface area contributed by atoms with Gasteiger partial charge in [-0.05, 0) is 70.9 Å². The van der Waals surface area contributed by atoms with Crippen LogP contribution in [0.2, 0.25) is 10.0 Å². The summed E-state index contributed by atoms with van der Waals surface area (Å²) in [7, 11) is 3.25. The van der Waals surface area contributed by atoms with E-state index in [9.17, 15) is 14.4 Å². The highest BCUT2D eigenvalue weighted by Crippen LogP contribution is 2.35. The third-order valence-corrected chi connectivity index (χ3v) is 8.31. The molecule has 0 atom stereocenters. The first-order valence-electron chi connectivity index (χ1n) is 12.8. The zero-order valence-electron chi connectivity index (χ0n) is 23.3. The first-order chi connectivity index (χ1) is 20.0. The average Bonchev–Trinajstić information content (AvgIpc) is 3.27. The van der Waals surface area contributed by atoms with Gasteiger partial charge in [-0.3, -0.25) is 18.8 Å². The Kier molecular flexibility index (Phi) is 9.93. The number of fused-ring (bicyclic) bond motifs is 1. The molecule has 9 nitrogen and oxygen atoms in total. The number of aromatic nitrogens is 2. The monoisotopic (exact) mass is 671 g/mol. The lowest BCUT2D eigenvalue weighted by Crippen LogP contribution is -2.37. The Balaban J connectivity index is 1.38. The number of carbonyl (C=O) groups excluding carboxylic acids is 3. The molecule has 0 unspecified atom stereocenters. The standard InChI is InChI=1S/C30H28BrCl2N5O4/c1-18-29(31)38-15-5-6-25(30(38)35-18)42-17-22-23(32)12-13-24(28(22)33)37(4)27(41)16-34-26(40)14-9-20-7-10-21(11-8-20)36(3)19(2)39/h5-15H,16-17H2,1-4H3,(H,34,40). The SMILES string of the molecule is CC(=O)N(C)c1ccc(C=CC(=O)NCC(=O)N(C)c2ccc(Cl)c(COc3cccn4c(Br)c(C)nc34)c2Cl)cc1. The predicted molar refractivity (Wildman–Crippen MR) is 169 cm³/mol. The van der Waals surface area contributed by atoms with Gasteiger partial charge in [0, 0.05) is 49.6 Å². The van der Waals surface area contributed by atoms with Crippen molar-refractivity contribution in [3.63, 3.8) is 0 Å². The maximum absolute atomic E-state index is 12.9. The molecule has 2 heterocycles. The molecule has 2 aromatic carbocycles. The van der Waals surface area contributed by atoms with Crippen molar-refractivity contribution < 1.29 is 19.1 Å². The number of aryl methyl sites for hydroxylation is 1. The maximum Gasteiger partial charge on any atom is 0.246 e. The summed E-state index contributed by atoms with van der Waals surface area (Å²) in [5.74, 6) is -0.355. The van der Waals surface area contributed by atoms with E-state index in [0.29, 0.717) is 27.7 Å². The summed E-state index contributed by atoms with van der Waals surface area (Å²) in [6.45, 7) is 3.17. The number of anilines is 2. The zero-order valence-corrected chi connectivity index (χ0v) is 26.4. The number of rotatable bonds is 9. The van der Waals surface area contributed by atoms with Crippen LogP contribution in [0.4, 0.5) is 11.4 Å². The molecule has 42 heavy (non-hydrogen) atoms. The molecule has 0 bridgehead atoms. The second-order valence-corrected chi connectivity index (χ2v) is 10.9. The topological polar surface area (TPSA) is 96.2 Å². The molecule has 0 saturated heterocycles. The number of benzene rings is 2. The van der Waals surface area contributed by atoms with E-state index in [0.717, 1.165) is 21.5 Å². The summed E-state index contributed by atoms with van der Waals surface area (Å²) >= 11 is 16.7. The molecule has 1 N–H and O–H groups in total. The minimum Gasteiger partial charge on any atom is -0.485 e. The second-order valence-electron chi connectivity index (χ2n) is 9.38. The van der Waals surface area contributed by atoms with Gasteiger partial charge in [0.05, 0.1) is 22.9 Å². The zero-order chi connectivity index (χ0) is 30.6. The van der Waals surface area contributed by atoms with Gasteiger partial charge >= 0.3 is 0 Å². The van der Waals surface area contributed by atoms with Crippen molar-refractivity contribution >= 4 is 80.0 Å². The Morgan fingerprint density at radius 1 is 1.07 bits per heavy atom. The highest BCUT2D eigenvalue weighted by atomic mass is 79.9. The molecule has 0 saturated carbocycles. The summed E-state index contributed by atoms with van der Waals surface area (Å²) in [5, 5.41) is 3.23. The predicted octanol–water partition coefficient (Wildman–Crippen LogP) is 6.07. The number of pyridine rings is 1. The fraction of sp³-hybridized carbons (Fsp3) is 0.200. The van der Waals surface area contributed by atoms with E-state index in [1.807, 2.05) is 23.6 Å². The third-order valence-electron chi connectivity index (χ3n) is 6.58. The summed E-state index contributed by atoms with van der Waals surface area (Å²) in [6.07, 6.45) is 4.82. The van der Waals surface area contributed by atoms with E-state index in [1.54, 1.807) is 62.6 Å². The summed E-state index contributed by atoms with van der Waals surface area (Å²) < 4.78 is 8.74. The molecule has 4 aromatic rings. The molecular formula is C30H28BrCl2N5O4. The Morgan fingerprint density at radius 3 is 2.48 bits per heavy atom. The van der Waals surface area contributed by atoms with Gasteiger partial charge < -0.3 is 19.9 Å². The number of hydrogen-bond donors (Lipinski definition) is 1. The Hall–Kier alpha value is -3.86. The molecule has 4 rings (SSSR count). The van der Waals surface area contributed by atoms with Crippen molar-refractivity contribution in [3.05, 3.63) is 92.3 Å². The van der Waals surface area contributed by atoms with Crippen LogP contribution < -0.4 is 19.9 Å². The van der Waals surface area contributed by atoms with Gasteiger partial charge in [0.2, 0.25) is 17.7 Å². The number of carbonyl (C=O) groups is 3. The summed E-state index contributed by atoms with van der Waals surface area (Å²) in [5.41, 5.74) is 3.89. The lowest BCUT2D eigenvalue weighted by molar-refractivity contribution is -0.122. The van der Waals surface area contributed by atoms with Crippen LogP contribution in [0, 0.1) is 6.92 Å². The number of nitrogens with one attached hydrogen (secondary N) is 1. The maximum atomic E-state index is 12.9. The quantitative estimate of drug-likeness (QED) is 0.218. The van der Waals surface area contributed by atoms with E-state index in [-0.39, 0.29) is 30.0 Å². The van der Waals surface area contributed by atoms with E-state index in [2.05, 4.69) is 26.2 Å². The molecular weight excluding hydrogens is 645 g/mol.